The predicted molar refractivity (Wildman–Crippen MR) is 84.5 cm³/mol. The lowest BCUT2D eigenvalue weighted by Crippen LogP contribution is -2.35. The van der Waals surface area contributed by atoms with Crippen LogP contribution in [0.4, 0.5) is 0 Å². The molecule has 124 valence electrons. The fraction of sp³-hybridized carbons (Fsp3) is 0.412. The normalized spacial score (nSPS) is 13.5. The molecular formula is C17H22N2O4. The maximum Gasteiger partial charge on any atom is 0.312 e. The number of nitrogens with one attached hydrogen (secondary N) is 1. The highest BCUT2D eigenvalue weighted by Crippen LogP contribution is 2.14. The molecule has 2 N–H and O–H groups in total. The van der Waals surface area contributed by atoms with E-state index in [0.717, 1.165) is 11.3 Å². The number of aromatic amines is 1. The number of aromatic nitrogens is 2. The van der Waals surface area contributed by atoms with Gasteiger partial charge in [-0.15, -0.1) is 0 Å². The molecule has 0 radical (unpaired) electrons. The Morgan fingerprint density at radius 3 is 2.78 bits per heavy atom. The van der Waals surface area contributed by atoms with Gasteiger partial charge in [-0.3, -0.25) is 4.79 Å². The smallest absolute Gasteiger partial charge is 0.312 e. The van der Waals surface area contributed by atoms with Crippen LogP contribution in [0.1, 0.15) is 18.2 Å². The topological polar surface area (TPSA) is 84.4 Å². The zero-order valence-electron chi connectivity index (χ0n) is 13.1. The highest BCUT2D eigenvalue weighted by molar-refractivity contribution is 5.73. The lowest BCUT2D eigenvalue weighted by atomic mass is 9.97. The highest BCUT2D eigenvalue weighted by Gasteiger charge is 2.29. The van der Waals surface area contributed by atoms with Crippen LogP contribution in [0.3, 0.4) is 0 Å². The highest BCUT2D eigenvalue weighted by atomic mass is 16.5. The maximum absolute atomic E-state index is 12.1. The summed E-state index contributed by atoms with van der Waals surface area (Å²) in [5.74, 6) is -1.12. The predicted octanol–water partition coefficient (Wildman–Crippen LogP) is 1.71. The monoisotopic (exact) mass is 318 g/mol. The maximum atomic E-state index is 12.1. The van der Waals surface area contributed by atoms with Crippen molar-refractivity contribution in [2.75, 3.05) is 13.2 Å². The fourth-order valence-electron chi connectivity index (χ4n) is 2.25. The van der Waals surface area contributed by atoms with E-state index in [0.29, 0.717) is 13.0 Å². The minimum absolute atomic E-state index is 0.0620. The van der Waals surface area contributed by atoms with Crippen LogP contribution in [0.25, 0.3) is 0 Å². The summed E-state index contributed by atoms with van der Waals surface area (Å²) in [6.45, 7) is 2.46. The van der Waals surface area contributed by atoms with Crippen LogP contribution in [0, 0.1) is 5.92 Å². The van der Waals surface area contributed by atoms with Crippen molar-refractivity contribution < 1.29 is 19.4 Å². The number of imidazole rings is 1. The quantitative estimate of drug-likeness (QED) is 0.688. The van der Waals surface area contributed by atoms with Gasteiger partial charge in [-0.2, -0.15) is 0 Å². The van der Waals surface area contributed by atoms with Crippen molar-refractivity contribution >= 4 is 5.97 Å². The van der Waals surface area contributed by atoms with E-state index in [4.69, 9.17) is 9.47 Å². The molecule has 0 amide bonds. The number of nitrogens with zero attached hydrogens (tertiary/aromatic N) is 1. The number of carbonyl (C=O) groups excluding carboxylic acids is 1. The molecule has 0 bridgehead atoms. The van der Waals surface area contributed by atoms with Gasteiger partial charge in [0.05, 0.1) is 38.2 Å². The Morgan fingerprint density at radius 1 is 1.35 bits per heavy atom. The Balaban J connectivity index is 1.90. The van der Waals surface area contributed by atoms with Crippen LogP contribution in [0.15, 0.2) is 42.9 Å². The van der Waals surface area contributed by atoms with Crippen molar-refractivity contribution in [2.24, 2.45) is 5.92 Å². The molecule has 2 rings (SSSR count). The van der Waals surface area contributed by atoms with Gasteiger partial charge in [-0.25, -0.2) is 4.98 Å². The van der Waals surface area contributed by atoms with E-state index in [9.17, 15) is 9.90 Å². The Labute approximate surface area is 135 Å². The molecule has 0 aliphatic rings. The lowest BCUT2D eigenvalue weighted by molar-refractivity contribution is -0.153. The van der Waals surface area contributed by atoms with Gasteiger partial charge < -0.3 is 19.6 Å². The van der Waals surface area contributed by atoms with Crippen molar-refractivity contribution in [2.45, 2.75) is 26.1 Å². The van der Waals surface area contributed by atoms with Gasteiger partial charge in [-0.05, 0) is 12.5 Å². The molecule has 2 atom stereocenters. The van der Waals surface area contributed by atoms with E-state index in [-0.39, 0.29) is 13.2 Å². The summed E-state index contributed by atoms with van der Waals surface area (Å²) in [5, 5.41) is 10.3. The second-order valence-electron chi connectivity index (χ2n) is 5.21. The lowest BCUT2D eigenvalue weighted by Gasteiger charge is -2.21. The van der Waals surface area contributed by atoms with Crippen molar-refractivity contribution in [3.8, 4) is 0 Å². The average molecular weight is 318 g/mol. The molecule has 0 fully saturated rings. The fourth-order valence-corrected chi connectivity index (χ4v) is 2.25. The average Bonchev–Trinajstić information content (AvgIpc) is 3.07. The van der Waals surface area contributed by atoms with E-state index in [1.54, 1.807) is 13.1 Å². The number of benzene rings is 1. The summed E-state index contributed by atoms with van der Waals surface area (Å²) in [5.41, 5.74) is 1.78. The standard InChI is InChI=1S/C17H22N2O4/c1-2-23-17(21)15(8-14-9-18-12-19-14)16(20)11-22-10-13-6-4-3-5-7-13/h3-7,9,12,15-16,20H,2,8,10-11H2,1H3,(H,18,19). The first kappa shape index (κ1) is 17.2. The minimum Gasteiger partial charge on any atom is -0.466 e. The van der Waals surface area contributed by atoms with Crippen molar-refractivity contribution in [3.63, 3.8) is 0 Å². The number of H-pyrrole nitrogens is 1. The van der Waals surface area contributed by atoms with Gasteiger partial charge in [0.1, 0.15) is 0 Å². The zero-order chi connectivity index (χ0) is 16.5. The Hall–Kier alpha value is -2.18. The molecule has 0 spiro atoms. The summed E-state index contributed by atoms with van der Waals surface area (Å²) >= 11 is 0. The molecule has 0 saturated heterocycles. The first-order chi connectivity index (χ1) is 11.2. The van der Waals surface area contributed by atoms with Gasteiger partial charge in [0.15, 0.2) is 0 Å². The van der Waals surface area contributed by atoms with Crippen LogP contribution < -0.4 is 0 Å². The summed E-state index contributed by atoms with van der Waals surface area (Å²) in [6.07, 6.45) is 2.55. The van der Waals surface area contributed by atoms with E-state index >= 15 is 0 Å². The van der Waals surface area contributed by atoms with Gasteiger partial charge >= 0.3 is 5.97 Å². The number of aliphatic hydroxyl groups is 1. The molecule has 1 aromatic carbocycles. The van der Waals surface area contributed by atoms with Crippen LogP contribution in [0.5, 0.6) is 0 Å². The van der Waals surface area contributed by atoms with E-state index in [1.165, 1.54) is 6.33 Å². The molecule has 0 saturated carbocycles. The SMILES string of the molecule is CCOC(=O)C(Cc1cnc[nH]1)C(O)COCc1ccccc1. The number of hydrogen-bond acceptors (Lipinski definition) is 5. The minimum atomic E-state index is -0.943. The summed E-state index contributed by atoms with van der Waals surface area (Å²) in [6, 6.07) is 9.67. The van der Waals surface area contributed by atoms with Crippen molar-refractivity contribution in [3.05, 3.63) is 54.1 Å². The first-order valence-electron chi connectivity index (χ1n) is 7.64. The first-order valence-corrected chi connectivity index (χ1v) is 7.64. The Bertz CT molecular complexity index is 572. The number of rotatable bonds is 9. The number of esters is 1. The number of hydrogen-bond donors (Lipinski definition) is 2. The Kier molecular flexibility index (Phi) is 6.77. The molecule has 0 aliphatic heterocycles. The molecule has 23 heavy (non-hydrogen) atoms. The molecule has 6 nitrogen and oxygen atoms in total. The molecule has 1 heterocycles. The summed E-state index contributed by atoms with van der Waals surface area (Å²) in [7, 11) is 0. The van der Waals surface area contributed by atoms with Crippen LogP contribution in [-0.4, -0.2) is 40.4 Å². The molecule has 2 aromatic rings. The number of carbonyl (C=O) groups is 1. The van der Waals surface area contributed by atoms with Crippen molar-refractivity contribution in [1.82, 2.24) is 9.97 Å². The van der Waals surface area contributed by atoms with E-state index < -0.39 is 18.0 Å². The third-order valence-corrected chi connectivity index (χ3v) is 3.45. The third kappa shape index (κ3) is 5.50. The molecule has 6 heteroatoms. The van der Waals surface area contributed by atoms with Gasteiger partial charge in [0, 0.05) is 18.3 Å². The van der Waals surface area contributed by atoms with Gasteiger partial charge in [0.2, 0.25) is 0 Å². The molecular weight excluding hydrogens is 296 g/mol. The second-order valence-corrected chi connectivity index (χ2v) is 5.21. The van der Waals surface area contributed by atoms with Crippen LogP contribution >= 0.6 is 0 Å². The molecule has 1 aromatic heterocycles. The summed E-state index contributed by atoms with van der Waals surface area (Å²) < 4.78 is 10.6. The largest absolute Gasteiger partial charge is 0.466 e. The second kappa shape index (κ2) is 9.07. The molecule has 0 aliphatic carbocycles. The number of aliphatic hydroxyl groups excluding tert-OH is 1. The van der Waals surface area contributed by atoms with Crippen LogP contribution in [-0.2, 0) is 27.3 Å². The van der Waals surface area contributed by atoms with Crippen LogP contribution in [0.2, 0.25) is 0 Å². The zero-order valence-corrected chi connectivity index (χ0v) is 13.1. The van der Waals surface area contributed by atoms with E-state index in [2.05, 4.69) is 9.97 Å². The van der Waals surface area contributed by atoms with E-state index in [1.807, 2.05) is 30.3 Å². The Morgan fingerprint density at radius 2 is 2.13 bits per heavy atom. The van der Waals surface area contributed by atoms with Gasteiger partial charge in [0.25, 0.3) is 0 Å². The molecule has 2 unspecified atom stereocenters. The van der Waals surface area contributed by atoms with Crippen molar-refractivity contribution in [1.29, 1.82) is 0 Å². The third-order valence-electron chi connectivity index (χ3n) is 3.45. The summed E-state index contributed by atoms with van der Waals surface area (Å²) in [4.78, 5) is 18.9. The number of ether oxygens (including phenoxy) is 2. The van der Waals surface area contributed by atoms with Gasteiger partial charge in [-0.1, -0.05) is 30.3 Å².